The molecular weight excluding hydrogens is 358 g/mol. The Morgan fingerprint density at radius 2 is 1.73 bits per heavy atom. The largest absolute Gasteiger partial charge is 0.338 e. The number of benzene rings is 1. The molecule has 0 bridgehead atoms. The molecule has 1 aromatic carbocycles. The Kier molecular flexibility index (Phi) is 4.99. The summed E-state index contributed by atoms with van der Waals surface area (Å²) in [5.74, 6) is -1.04. The number of hydrogen-bond donors (Lipinski definition) is 2. The van der Waals surface area contributed by atoms with Crippen LogP contribution in [0.15, 0.2) is 24.3 Å². The number of rotatable bonds is 4. The highest BCUT2D eigenvalue weighted by atomic mass is 32.2. The van der Waals surface area contributed by atoms with Gasteiger partial charge in [0.25, 0.3) is 0 Å². The molecular formula is C17H21N3O5S. The minimum Gasteiger partial charge on any atom is -0.338 e. The van der Waals surface area contributed by atoms with Crippen LogP contribution in [0, 0.1) is 5.92 Å². The van der Waals surface area contributed by atoms with E-state index < -0.39 is 15.8 Å². The van der Waals surface area contributed by atoms with Crippen LogP contribution < -0.4 is 10.6 Å². The minimum absolute atomic E-state index is 0.0162. The number of nitrogens with one attached hydrogen (secondary N) is 2. The quantitative estimate of drug-likeness (QED) is 0.796. The second-order valence-electron chi connectivity index (χ2n) is 6.75. The van der Waals surface area contributed by atoms with Crippen molar-refractivity contribution in [1.82, 2.24) is 4.90 Å². The van der Waals surface area contributed by atoms with Gasteiger partial charge >= 0.3 is 0 Å². The van der Waals surface area contributed by atoms with Crippen LogP contribution in [0.25, 0.3) is 0 Å². The van der Waals surface area contributed by atoms with Crippen LogP contribution in [-0.4, -0.2) is 55.1 Å². The van der Waals surface area contributed by atoms with E-state index in [-0.39, 0.29) is 48.2 Å². The average Bonchev–Trinajstić information content (AvgIpc) is 3.11. The number of nitrogens with zero attached hydrogens (tertiary/aromatic N) is 1. The van der Waals surface area contributed by atoms with Gasteiger partial charge in [-0.05, 0) is 30.7 Å². The topological polar surface area (TPSA) is 113 Å². The lowest BCUT2D eigenvalue weighted by atomic mass is 10.1. The Balaban J connectivity index is 1.59. The van der Waals surface area contributed by atoms with E-state index in [1.807, 2.05) is 0 Å². The van der Waals surface area contributed by atoms with Crippen LogP contribution >= 0.6 is 0 Å². The fourth-order valence-corrected chi connectivity index (χ4v) is 5.10. The summed E-state index contributed by atoms with van der Waals surface area (Å²) >= 11 is 0. The van der Waals surface area contributed by atoms with Crippen LogP contribution in [0.3, 0.4) is 0 Å². The van der Waals surface area contributed by atoms with Crippen LogP contribution in [0.5, 0.6) is 0 Å². The van der Waals surface area contributed by atoms with Crippen molar-refractivity contribution in [2.45, 2.75) is 25.8 Å². The molecule has 3 amide bonds. The molecule has 0 radical (unpaired) electrons. The number of likely N-dealkylation sites (tertiary alicyclic amines) is 1. The molecule has 0 saturated carbocycles. The molecule has 0 aliphatic carbocycles. The van der Waals surface area contributed by atoms with Crippen molar-refractivity contribution >= 4 is 38.9 Å². The van der Waals surface area contributed by atoms with Gasteiger partial charge < -0.3 is 15.5 Å². The van der Waals surface area contributed by atoms with Crippen molar-refractivity contribution in [1.29, 1.82) is 0 Å². The summed E-state index contributed by atoms with van der Waals surface area (Å²) in [6.45, 7) is 1.66. The van der Waals surface area contributed by atoms with E-state index >= 15 is 0 Å². The summed E-state index contributed by atoms with van der Waals surface area (Å²) in [6.07, 6.45) is 0.527. The molecule has 2 heterocycles. The highest BCUT2D eigenvalue weighted by Gasteiger charge is 2.41. The minimum atomic E-state index is -3.08. The fourth-order valence-electron chi connectivity index (χ4n) is 3.37. The van der Waals surface area contributed by atoms with E-state index in [0.29, 0.717) is 17.8 Å². The van der Waals surface area contributed by atoms with E-state index in [1.54, 1.807) is 24.3 Å². The summed E-state index contributed by atoms with van der Waals surface area (Å²) in [5, 5.41) is 5.40. The first-order valence-electron chi connectivity index (χ1n) is 8.42. The SMILES string of the molecule is CC(=O)Nc1ccc(NC(=O)[C@@H]2CC(=O)N([C@H]3CCS(=O)(=O)C3)C2)cc1. The maximum absolute atomic E-state index is 12.4. The summed E-state index contributed by atoms with van der Waals surface area (Å²) in [5.41, 5.74) is 1.19. The van der Waals surface area contributed by atoms with Crippen LogP contribution in [0.1, 0.15) is 19.8 Å². The second kappa shape index (κ2) is 7.06. The maximum atomic E-state index is 12.4. The Morgan fingerprint density at radius 3 is 2.27 bits per heavy atom. The van der Waals surface area contributed by atoms with Crippen LogP contribution in [0.4, 0.5) is 11.4 Å². The summed E-state index contributed by atoms with van der Waals surface area (Å²) in [4.78, 5) is 37.2. The highest BCUT2D eigenvalue weighted by molar-refractivity contribution is 7.91. The van der Waals surface area contributed by atoms with Gasteiger partial charge in [0, 0.05) is 37.3 Å². The summed E-state index contributed by atoms with van der Waals surface area (Å²) < 4.78 is 23.2. The molecule has 2 aliphatic heterocycles. The molecule has 8 nitrogen and oxygen atoms in total. The molecule has 2 saturated heterocycles. The van der Waals surface area contributed by atoms with Gasteiger partial charge in [0.1, 0.15) is 0 Å². The highest BCUT2D eigenvalue weighted by Crippen LogP contribution is 2.27. The molecule has 26 heavy (non-hydrogen) atoms. The zero-order valence-corrected chi connectivity index (χ0v) is 15.2. The first-order valence-corrected chi connectivity index (χ1v) is 10.2. The van der Waals surface area contributed by atoms with Gasteiger partial charge in [-0.1, -0.05) is 0 Å². The smallest absolute Gasteiger partial charge is 0.229 e. The van der Waals surface area contributed by atoms with E-state index in [4.69, 9.17) is 0 Å². The zero-order valence-electron chi connectivity index (χ0n) is 14.4. The molecule has 140 valence electrons. The zero-order chi connectivity index (χ0) is 18.9. The van der Waals surface area contributed by atoms with Crippen LogP contribution in [0.2, 0.25) is 0 Å². The lowest BCUT2D eigenvalue weighted by Gasteiger charge is -2.22. The standard InChI is InChI=1S/C17H21N3O5S/c1-11(21)18-13-2-4-14(5-3-13)19-17(23)12-8-16(22)20(9-12)15-6-7-26(24,25)10-15/h2-5,12,15H,6-10H2,1H3,(H,18,21)(H,19,23)/t12-,15+/m1/s1. The van der Waals surface area contributed by atoms with Crippen molar-refractivity contribution in [3.63, 3.8) is 0 Å². The Hall–Kier alpha value is -2.42. The third-order valence-electron chi connectivity index (χ3n) is 4.65. The summed E-state index contributed by atoms with van der Waals surface area (Å²) in [7, 11) is -3.08. The van der Waals surface area contributed by atoms with Crippen molar-refractivity contribution in [2.24, 2.45) is 5.92 Å². The molecule has 2 aliphatic rings. The third kappa shape index (κ3) is 4.21. The fraction of sp³-hybridized carbons (Fsp3) is 0.471. The van der Waals surface area contributed by atoms with Crippen molar-refractivity contribution < 1.29 is 22.8 Å². The summed E-state index contributed by atoms with van der Waals surface area (Å²) in [6, 6.07) is 6.36. The number of sulfone groups is 1. The first-order chi connectivity index (χ1) is 12.2. The Morgan fingerprint density at radius 1 is 1.12 bits per heavy atom. The van der Waals surface area contributed by atoms with E-state index in [0.717, 1.165) is 0 Å². The van der Waals surface area contributed by atoms with Gasteiger partial charge in [0.2, 0.25) is 17.7 Å². The first kappa shape index (κ1) is 18.4. The molecule has 3 rings (SSSR count). The Bertz CT molecular complexity index is 834. The number of amides is 3. The molecule has 2 fully saturated rings. The molecule has 1 aromatic rings. The molecule has 2 N–H and O–H groups in total. The number of carbonyl (C=O) groups is 3. The second-order valence-corrected chi connectivity index (χ2v) is 8.98. The van der Waals surface area contributed by atoms with Gasteiger partial charge in [0.05, 0.1) is 17.4 Å². The number of carbonyl (C=O) groups excluding carboxylic acids is 3. The van der Waals surface area contributed by atoms with E-state index in [9.17, 15) is 22.8 Å². The molecule has 2 atom stereocenters. The number of hydrogen-bond acceptors (Lipinski definition) is 5. The predicted molar refractivity (Wildman–Crippen MR) is 96.3 cm³/mol. The van der Waals surface area contributed by atoms with Gasteiger partial charge in [-0.15, -0.1) is 0 Å². The normalized spacial score (nSPS) is 24.5. The van der Waals surface area contributed by atoms with E-state index in [1.165, 1.54) is 11.8 Å². The molecule has 0 unspecified atom stereocenters. The molecule has 0 spiro atoms. The molecule has 9 heteroatoms. The maximum Gasteiger partial charge on any atom is 0.229 e. The van der Waals surface area contributed by atoms with Gasteiger partial charge in [-0.3, -0.25) is 14.4 Å². The van der Waals surface area contributed by atoms with Crippen molar-refractivity contribution in [3.05, 3.63) is 24.3 Å². The lowest BCUT2D eigenvalue weighted by Crippen LogP contribution is -2.38. The van der Waals surface area contributed by atoms with Crippen LogP contribution in [-0.2, 0) is 24.2 Å². The number of anilines is 2. The third-order valence-corrected chi connectivity index (χ3v) is 6.40. The Labute approximate surface area is 151 Å². The van der Waals surface area contributed by atoms with Gasteiger partial charge in [-0.25, -0.2) is 8.42 Å². The lowest BCUT2D eigenvalue weighted by molar-refractivity contribution is -0.129. The van der Waals surface area contributed by atoms with E-state index in [2.05, 4.69) is 10.6 Å². The predicted octanol–water partition coefficient (Wildman–Crippen LogP) is 0.619. The average molecular weight is 379 g/mol. The van der Waals surface area contributed by atoms with Gasteiger partial charge in [-0.2, -0.15) is 0 Å². The molecule has 0 aromatic heterocycles. The van der Waals surface area contributed by atoms with Gasteiger partial charge in [0.15, 0.2) is 9.84 Å². The van der Waals surface area contributed by atoms with Crippen molar-refractivity contribution in [3.8, 4) is 0 Å². The van der Waals surface area contributed by atoms with Crippen molar-refractivity contribution in [2.75, 3.05) is 28.7 Å². The monoisotopic (exact) mass is 379 g/mol.